The van der Waals surface area contributed by atoms with Crippen LogP contribution < -0.4 is 25.4 Å². The van der Waals surface area contributed by atoms with Gasteiger partial charge in [-0.25, -0.2) is 0 Å². The zero-order valence-corrected chi connectivity index (χ0v) is 19.5. The first-order chi connectivity index (χ1) is 16.7. The smallest absolute Gasteiger partial charge is 0.176 e. The average Bonchev–Trinajstić information content (AvgIpc) is 2.89. The second-order valence-electron chi connectivity index (χ2n) is 7.25. The Bertz CT molecular complexity index is 1200. The van der Waals surface area contributed by atoms with Gasteiger partial charge in [-0.15, -0.1) is 10.2 Å². The average molecular weight is 472 g/mol. The Morgan fingerprint density at radius 1 is 0.765 bits per heavy atom. The molecule has 7 nitrogen and oxygen atoms in total. The number of anilines is 3. The van der Waals surface area contributed by atoms with E-state index in [1.807, 2.05) is 91.0 Å². The fraction of sp³-hybridized carbons (Fsp3) is 0.115. The Morgan fingerprint density at radius 2 is 1.47 bits per heavy atom. The van der Waals surface area contributed by atoms with Crippen LogP contribution >= 0.6 is 12.2 Å². The summed E-state index contributed by atoms with van der Waals surface area (Å²) in [6, 6.07) is 29.0. The first kappa shape index (κ1) is 23.0. The quantitative estimate of drug-likeness (QED) is 0.220. The van der Waals surface area contributed by atoms with Crippen LogP contribution in [0.25, 0.3) is 11.3 Å². The molecular weight excluding hydrogens is 446 g/mol. The molecule has 172 valence electrons. The van der Waals surface area contributed by atoms with Crippen LogP contribution in [0, 0.1) is 0 Å². The number of hydrogen-bond acceptors (Lipinski definition) is 6. The van der Waals surface area contributed by atoms with Crippen LogP contribution in [0.1, 0.15) is 0 Å². The van der Waals surface area contributed by atoms with Crippen molar-refractivity contribution in [3.05, 3.63) is 91.0 Å². The standard InChI is InChI=1S/C26H25N5O2S/c1-32-20-11-13-21(14-12-20)33-18-17-27-23-9-5-6-10-24(23)28-26(34)29-25-16-15-22(30-31-25)19-7-3-2-4-8-19/h2-16,27H,17-18H2,1H3,(H2,28,29,31,34). The lowest BCUT2D eigenvalue weighted by molar-refractivity contribution is 0.332. The van der Waals surface area contributed by atoms with Gasteiger partial charge < -0.3 is 25.4 Å². The number of hydrogen-bond donors (Lipinski definition) is 3. The maximum atomic E-state index is 5.78. The molecule has 0 atom stereocenters. The predicted molar refractivity (Wildman–Crippen MR) is 141 cm³/mol. The van der Waals surface area contributed by atoms with Crippen LogP contribution in [0.5, 0.6) is 11.5 Å². The molecule has 1 heterocycles. The molecule has 8 heteroatoms. The van der Waals surface area contributed by atoms with Crippen LogP contribution in [0.4, 0.5) is 17.2 Å². The van der Waals surface area contributed by atoms with Crippen molar-refractivity contribution < 1.29 is 9.47 Å². The zero-order valence-electron chi connectivity index (χ0n) is 18.7. The Hall–Kier alpha value is -4.17. The van der Waals surface area contributed by atoms with Crippen LogP contribution in [0.3, 0.4) is 0 Å². The molecule has 4 aromatic rings. The summed E-state index contributed by atoms with van der Waals surface area (Å²) < 4.78 is 10.9. The van der Waals surface area contributed by atoms with Crippen molar-refractivity contribution in [2.75, 3.05) is 36.2 Å². The molecule has 0 spiro atoms. The molecule has 1 aromatic heterocycles. The molecular formula is C26H25N5O2S. The minimum Gasteiger partial charge on any atom is -0.497 e. The van der Waals surface area contributed by atoms with Gasteiger partial charge in [0.15, 0.2) is 10.9 Å². The Labute approximate surface area is 204 Å². The maximum Gasteiger partial charge on any atom is 0.176 e. The lowest BCUT2D eigenvalue weighted by Crippen LogP contribution is -2.21. The molecule has 0 bridgehead atoms. The van der Waals surface area contributed by atoms with Crippen molar-refractivity contribution in [1.29, 1.82) is 0 Å². The summed E-state index contributed by atoms with van der Waals surface area (Å²) in [6.45, 7) is 1.13. The number of thiocarbonyl (C=S) groups is 1. The molecule has 0 radical (unpaired) electrons. The summed E-state index contributed by atoms with van der Waals surface area (Å²) in [6.07, 6.45) is 0. The number of benzene rings is 3. The molecule has 0 amide bonds. The van der Waals surface area contributed by atoms with E-state index in [1.54, 1.807) is 7.11 Å². The molecule has 0 aliphatic rings. The van der Waals surface area contributed by atoms with Gasteiger partial charge in [0.25, 0.3) is 0 Å². The Balaban J connectivity index is 1.28. The highest BCUT2D eigenvalue weighted by Gasteiger charge is 2.06. The molecule has 0 fully saturated rings. The van der Waals surface area contributed by atoms with Crippen LogP contribution in [-0.4, -0.2) is 35.6 Å². The largest absolute Gasteiger partial charge is 0.497 e. The molecule has 0 aliphatic heterocycles. The number of ether oxygens (including phenoxy) is 2. The van der Waals surface area contributed by atoms with E-state index < -0.39 is 0 Å². The van der Waals surface area contributed by atoms with E-state index in [1.165, 1.54) is 0 Å². The molecule has 0 saturated carbocycles. The van der Waals surface area contributed by atoms with E-state index in [0.29, 0.717) is 24.1 Å². The number of methoxy groups -OCH3 is 1. The van der Waals surface area contributed by atoms with Gasteiger partial charge in [-0.2, -0.15) is 0 Å². The topological polar surface area (TPSA) is 80.3 Å². The van der Waals surface area contributed by atoms with Crippen LogP contribution in [0.2, 0.25) is 0 Å². The van der Waals surface area contributed by atoms with Crippen molar-refractivity contribution in [2.45, 2.75) is 0 Å². The van der Waals surface area contributed by atoms with Crippen molar-refractivity contribution in [3.8, 4) is 22.8 Å². The van der Waals surface area contributed by atoms with E-state index in [9.17, 15) is 0 Å². The third kappa shape index (κ3) is 6.43. The van der Waals surface area contributed by atoms with Crippen molar-refractivity contribution in [2.24, 2.45) is 0 Å². The van der Waals surface area contributed by atoms with E-state index in [0.717, 1.165) is 34.1 Å². The van der Waals surface area contributed by atoms with Gasteiger partial charge in [-0.3, -0.25) is 0 Å². The Morgan fingerprint density at radius 3 is 2.18 bits per heavy atom. The van der Waals surface area contributed by atoms with Crippen molar-refractivity contribution in [1.82, 2.24) is 10.2 Å². The van der Waals surface area contributed by atoms with Gasteiger partial charge in [-0.1, -0.05) is 42.5 Å². The summed E-state index contributed by atoms with van der Waals surface area (Å²) in [7, 11) is 1.64. The molecule has 4 rings (SSSR count). The highest BCUT2D eigenvalue weighted by atomic mass is 32.1. The SMILES string of the molecule is COc1ccc(OCCNc2ccccc2NC(=S)Nc2ccc(-c3ccccc3)nn2)cc1. The third-order valence-corrected chi connectivity index (χ3v) is 5.10. The number of nitrogens with one attached hydrogen (secondary N) is 3. The summed E-state index contributed by atoms with van der Waals surface area (Å²) in [5, 5.41) is 18.6. The first-order valence-corrected chi connectivity index (χ1v) is 11.2. The van der Waals surface area contributed by atoms with E-state index in [2.05, 4.69) is 26.1 Å². The van der Waals surface area contributed by atoms with Gasteiger partial charge in [-0.05, 0) is 60.7 Å². The fourth-order valence-electron chi connectivity index (χ4n) is 3.20. The van der Waals surface area contributed by atoms with Gasteiger partial charge in [0.1, 0.15) is 18.1 Å². The normalized spacial score (nSPS) is 10.3. The minimum absolute atomic E-state index is 0.422. The molecule has 3 aromatic carbocycles. The van der Waals surface area contributed by atoms with Crippen molar-refractivity contribution >= 4 is 34.5 Å². The maximum absolute atomic E-state index is 5.78. The highest BCUT2D eigenvalue weighted by molar-refractivity contribution is 7.80. The second-order valence-corrected chi connectivity index (χ2v) is 7.65. The van der Waals surface area contributed by atoms with Gasteiger partial charge in [0, 0.05) is 12.1 Å². The summed E-state index contributed by atoms with van der Waals surface area (Å²) in [4.78, 5) is 0. The molecule has 0 unspecified atom stereocenters. The van der Waals surface area contributed by atoms with E-state index in [-0.39, 0.29) is 0 Å². The van der Waals surface area contributed by atoms with E-state index >= 15 is 0 Å². The Kier molecular flexibility index (Phi) is 7.86. The minimum atomic E-state index is 0.422. The summed E-state index contributed by atoms with van der Waals surface area (Å²) >= 11 is 5.47. The van der Waals surface area contributed by atoms with Crippen molar-refractivity contribution in [3.63, 3.8) is 0 Å². The highest BCUT2D eigenvalue weighted by Crippen LogP contribution is 2.22. The zero-order chi connectivity index (χ0) is 23.6. The van der Waals surface area contributed by atoms with E-state index in [4.69, 9.17) is 21.7 Å². The lowest BCUT2D eigenvalue weighted by atomic mass is 10.1. The predicted octanol–water partition coefficient (Wildman–Crippen LogP) is 5.45. The molecule has 3 N–H and O–H groups in total. The molecule has 0 aliphatic carbocycles. The molecule has 34 heavy (non-hydrogen) atoms. The van der Waals surface area contributed by atoms with Crippen LogP contribution in [-0.2, 0) is 0 Å². The third-order valence-electron chi connectivity index (χ3n) is 4.90. The summed E-state index contributed by atoms with van der Waals surface area (Å²) in [5.41, 5.74) is 3.57. The first-order valence-electron chi connectivity index (χ1n) is 10.8. The fourth-order valence-corrected chi connectivity index (χ4v) is 3.42. The lowest BCUT2D eigenvalue weighted by Gasteiger charge is -2.15. The number of para-hydroxylation sites is 2. The number of rotatable bonds is 9. The van der Waals surface area contributed by atoms with Gasteiger partial charge in [0.05, 0.1) is 24.2 Å². The monoisotopic (exact) mass is 471 g/mol. The number of aromatic nitrogens is 2. The van der Waals surface area contributed by atoms with Gasteiger partial charge in [0.2, 0.25) is 0 Å². The van der Waals surface area contributed by atoms with Gasteiger partial charge >= 0.3 is 0 Å². The second kappa shape index (κ2) is 11.6. The van der Waals surface area contributed by atoms with Crippen LogP contribution in [0.15, 0.2) is 91.0 Å². The summed E-state index contributed by atoms with van der Waals surface area (Å²) in [5.74, 6) is 2.16. The number of nitrogens with zero attached hydrogens (tertiary/aromatic N) is 2. The molecule has 0 saturated heterocycles.